The van der Waals surface area contributed by atoms with Gasteiger partial charge >= 0.3 is 0 Å². The SMILES string of the molecule is Cc1ccsc1CCC(=O)N1CC(Nc2ncccn2)C1. The van der Waals surface area contributed by atoms with Gasteiger partial charge in [-0.15, -0.1) is 11.3 Å². The summed E-state index contributed by atoms with van der Waals surface area (Å²) in [5.74, 6) is 0.860. The van der Waals surface area contributed by atoms with Crippen LogP contribution in [0.15, 0.2) is 29.9 Å². The summed E-state index contributed by atoms with van der Waals surface area (Å²) in [6.45, 7) is 3.57. The molecular formula is C15H18N4OS. The zero-order valence-corrected chi connectivity index (χ0v) is 12.8. The van der Waals surface area contributed by atoms with E-state index in [1.54, 1.807) is 29.8 Å². The third-order valence-electron chi connectivity index (χ3n) is 3.67. The number of nitrogens with zero attached hydrogens (tertiary/aromatic N) is 3. The van der Waals surface area contributed by atoms with Gasteiger partial charge in [-0.1, -0.05) is 0 Å². The molecule has 3 heterocycles. The number of nitrogens with one attached hydrogen (secondary N) is 1. The van der Waals surface area contributed by atoms with Crippen LogP contribution < -0.4 is 5.32 Å². The molecule has 21 heavy (non-hydrogen) atoms. The van der Waals surface area contributed by atoms with Crippen molar-refractivity contribution < 1.29 is 4.79 Å². The summed E-state index contributed by atoms with van der Waals surface area (Å²) in [6, 6.07) is 4.15. The maximum atomic E-state index is 12.1. The van der Waals surface area contributed by atoms with Gasteiger partial charge in [0.15, 0.2) is 0 Å². The molecule has 1 aliphatic rings. The maximum Gasteiger partial charge on any atom is 0.223 e. The van der Waals surface area contributed by atoms with Crippen LogP contribution in [0.1, 0.15) is 16.9 Å². The summed E-state index contributed by atoms with van der Waals surface area (Å²) in [5.41, 5.74) is 1.29. The molecule has 0 aliphatic carbocycles. The highest BCUT2D eigenvalue weighted by Crippen LogP contribution is 2.19. The zero-order chi connectivity index (χ0) is 14.7. The lowest BCUT2D eigenvalue weighted by Crippen LogP contribution is -2.57. The van der Waals surface area contributed by atoms with Gasteiger partial charge in [-0.05, 0) is 36.4 Å². The van der Waals surface area contributed by atoms with Crippen LogP contribution in [0.25, 0.3) is 0 Å². The van der Waals surface area contributed by atoms with E-state index in [0.717, 1.165) is 19.5 Å². The monoisotopic (exact) mass is 302 g/mol. The predicted octanol–water partition coefficient (Wildman–Crippen LogP) is 2.10. The van der Waals surface area contributed by atoms with Gasteiger partial charge in [-0.25, -0.2) is 9.97 Å². The summed E-state index contributed by atoms with van der Waals surface area (Å²) in [7, 11) is 0. The molecule has 2 aromatic rings. The second kappa shape index (κ2) is 6.22. The highest BCUT2D eigenvalue weighted by atomic mass is 32.1. The van der Waals surface area contributed by atoms with Crippen molar-refractivity contribution in [3.63, 3.8) is 0 Å². The highest BCUT2D eigenvalue weighted by molar-refractivity contribution is 7.10. The summed E-state index contributed by atoms with van der Waals surface area (Å²) < 4.78 is 0. The van der Waals surface area contributed by atoms with Crippen molar-refractivity contribution in [1.82, 2.24) is 14.9 Å². The lowest BCUT2D eigenvalue weighted by molar-refractivity contribution is -0.135. The van der Waals surface area contributed by atoms with Crippen molar-refractivity contribution in [2.24, 2.45) is 0 Å². The van der Waals surface area contributed by atoms with Gasteiger partial charge in [-0.2, -0.15) is 0 Å². The van der Waals surface area contributed by atoms with Crippen LogP contribution in [0.3, 0.4) is 0 Å². The molecule has 6 heteroatoms. The minimum absolute atomic E-state index is 0.231. The molecule has 0 spiro atoms. The number of carbonyl (C=O) groups excluding carboxylic acids is 1. The Kier molecular flexibility index (Phi) is 4.15. The molecule has 1 amide bonds. The molecule has 3 rings (SSSR count). The van der Waals surface area contributed by atoms with Crippen LogP contribution in [0.2, 0.25) is 0 Å². The normalized spacial score (nSPS) is 14.8. The molecule has 1 fully saturated rings. The third kappa shape index (κ3) is 3.39. The van der Waals surface area contributed by atoms with Crippen LogP contribution >= 0.6 is 11.3 Å². The molecule has 0 aromatic carbocycles. The first-order chi connectivity index (χ1) is 10.2. The number of hydrogen-bond acceptors (Lipinski definition) is 5. The molecule has 0 radical (unpaired) electrons. The van der Waals surface area contributed by atoms with Crippen molar-refractivity contribution in [3.05, 3.63) is 40.3 Å². The van der Waals surface area contributed by atoms with E-state index >= 15 is 0 Å². The number of thiophene rings is 1. The van der Waals surface area contributed by atoms with Crippen molar-refractivity contribution in [2.45, 2.75) is 25.8 Å². The Balaban J connectivity index is 1.41. The Labute approximate surface area is 128 Å². The molecule has 0 atom stereocenters. The Bertz CT molecular complexity index is 607. The van der Waals surface area contributed by atoms with Crippen LogP contribution in [-0.4, -0.2) is 39.9 Å². The average molecular weight is 302 g/mol. The van der Waals surface area contributed by atoms with Gasteiger partial charge in [0.2, 0.25) is 11.9 Å². The van der Waals surface area contributed by atoms with Gasteiger partial charge in [0.25, 0.3) is 0 Å². The van der Waals surface area contributed by atoms with E-state index in [9.17, 15) is 4.79 Å². The minimum Gasteiger partial charge on any atom is -0.348 e. The Morgan fingerprint density at radius 2 is 2.19 bits per heavy atom. The van der Waals surface area contributed by atoms with Crippen molar-refractivity contribution in [2.75, 3.05) is 18.4 Å². The number of hydrogen-bond donors (Lipinski definition) is 1. The van der Waals surface area contributed by atoms with E-state index in [4.69, 9.17) is 0 Å². The fourth-order valence-corrected chi connectivity index (χ4v) is 3.28. The quantitative estimate of drug-likeness (QED) is 0.919. The summed E-state index contributed by atoms with van der Waals surface area (Å²) in [4.78, 5) is 23.6. The number of likely N-dealkylation sites (tertiary alicyclic amines) is 1. The first kappa shape index (κ1) is 14.0. The lowest BCUT2D eigenvalue weighted by atomic mass is 10.1. The topological polar surface area (TPSA) is 58.1 Å². The molecule has 1 N–H and O–H groups in total. The van der Waals surface area contributed by atoms with Gasteiger partial charge < -0.3 is 10.2 Å². The number of aryl methyl sites for hydroxylation is 2. The summed E-state index contributed by atoms with van der Waals surface area (Å²) >= 11 is 1.73. The van der Waals surface area contributed by atoms with Crippen LogP contribution in [0, 0.1) is 6.92 Å². The van der Waals surface area contributed by atoms with Crippen LogP contribution in [-0.2, 0) is 11.2 Å². The standard InChI is InChI=1S/C15H18N4OS/c1-11-5-8-21-13(11)3-4-14(20)19-9-12(10-19)18-15-16-6-2-7-17-15/h2,5-8,12H,3-4,9-10H2,1H3,(H,16,17,18). The smallest absolute Gasteiger partial charge is 0.223 e. The van der Waals surface area contributed by atoms with E-state index in [-0.39, 0.29) is 11.9 Å². The fraction of sp³-hybridized carbons (Fsp3) is 0.400. The second-order valence-corrected chi connectivity index (χ2v) is 6.24. The Hall–Kier alpha value is -1.95. The molecule has 0 unspecified atom stereocenters. The summed E-state index contributed by atoms with van der Waals surface area (Å²) in [5, 5.41) is 5.31. The first-order valence-electron chi connectivity index (χ1n) is 7.06. The van der Waals surface area contributed by atoms with Gasteiger partial charge in [-0.3, -0.25) is 4.79 Å². The molecule has 2 aromatic heterocycles. The predicted molar refractivity (Wildman–Crippen MR) is 83.4 cm³/mol. The van der Waals surface area contributed by atoms with Crippen LogP contribution in [0.4, 0.5) is 5.95 Å². The van der Waals surface area contributed by atoms with E-state index < -0.39 is 0 Å². The Morgan fingerprint density at radius 3 is 2.86 bits per heavy atom. The number of carbonyl (C=O) groups is 1. The zero-order valence-electron chi connectivity index (χ0n) is 12.0. The number of aromatic nitrogens is 2. The minimum atomic E-state index is 0.231. The molecule has 1 aliphatic heterocycles. The average Bonchev–Trinajstić information content (AvgIpc) is 2.86. The van der Waals surface area contributed by atoms with E-state index in [0.29, 0.717) is 12.4 Å². The molecule has 5 nitrogen and oxygen atoms in total. The Morgan fingerprint density at radius 1 is 1.43 bits per heavy atom. The van der Waals surface area contributed by atoms with E-state index in [2.05, 4.69) is 33.7 Å². The maximum absolute atomic E-state index is 12.1. The van der Waals surface area contributed by atoms with Crippen molar-refractivity contribution >= 4 is 23.2 Å². The molecular weight excluding hydrogens is 284 g/mol. The molecule has 0 saturated carbocycles. The van der Waals surface area contributed by atoms with Crippen LogP contribution in [0.5, 0.6) is 0 Å². The first-order valence-corrected chi connectivity index (χ1v) is 7.94. The van der Waals surface area contributed by atoms with E-state index in [1.165, 1.54) is 10.4 Å². The van der Waals surface area contributed by atoms with Crippen molar-refractivity contribution in [1.29, 1.82) is 0 Å². The molecule has 110 valence electrons. The number of anilines is 1. The van der Waals surface area contributed by atoms with Crippen molar-refractivity contribution in [3.8, 4) is 0 Å². The lowest BCUT2D eigenvalue weighted by Gasteiger charge is -2.39. The van der Waals surface area contributed by atoms with Gasteiger partial charge in [0.05, 0.1) is 6.04 Å². The van der Waals surface area contributed by atoms with Gasteiger partial charge in [0.1, 0.15) is 0 Å². The third-order valence-corrected chi connectivity index (χ3v) is 4.75. The molecule has 0 bridgehead atoms. The second-order valence-electron chi connectivity index (χ2n) is 5.24. The van der Waals surface area contributed by atoms with E-state index in [1.807, 2.05) is 4.90 Å². The fourth-order valence-electron chi connectivity index (χ4n) is 2.37. The largest absolute Gasteiger partial charge is 0.348 e. The number of amides is 1. The highest BCUT2D eigenvalue weighted by Gasteiger charge is 2.30. The summed E-state index contributed by atoms with van der Waals surface area (Å²) in [6.07, 6.45) is 4.86. The van der Waals surface area contributed by atoms with Gasteiger partial charge in [0, 0.05) is 36.8 Å². The number of rotatable bonds is 5. The molecule has 1 saturated heterocycles.